The number of ether oxygens (including phenoxy) is 1. The molecule has 7 nitrogen and oxygen atoms in total. The molecule has 1 aliphatic carbocycles. The Bertz CT molecular complexity index is 869. The molecule has 0 bridgehead atoms. The molecule has 1 N–H and O–H groups in total. The van der Waals surface area contributed by atoms with E-state index in [1.807, 2.05) is 12.1 Å². The molecule has 2 aliphatic heterocycles. The van der Waals surface area contributed by atoms with Crippen LogP contribution in [-0.4, -0.2) is 91.5 Å². The molecule has 180 valence electrons. The zero-order valence-corrected chi connectivity index (χ0v) is 20.2. The number of fused-ring (bicyclic) bond motifs is 1. The zero-order valence-electron chi connectivity index (χ0n) is 19.5. The number of amides is 2. The van der Waals surface area contributed by atoms with E-state index >= 15 is 0 Å². The van der Waals surface area contributed by atoms with E-state index in [2.05, 4.69) is 22.2 Å². The van der Waals surface area contributed by atoms with Crippen LogP contribution in [0.5, 0.6) is 0 Å². The van der Waals surface area contributed by atoms with Crippen molar-refractivity contribution >= 4 is 29.5 Å². The topological polar surface area (TPSA) is 65.1 Å². The predicted molar refractivity (Wildman–Crippen MR) is 130 cm³/mol. The standard InChI is InChI=1S/C25H35ClN4O3/c1-28-12-14-29(15-13-28)11-5-10-27-24(31)18-30-21-8-2-3-9-22(21)33-23(25(30)32)17-19-6-4-7-20(26)16-19/h4,6-7,16-17,21-22H,2-3,5,8-15,18H2,1H3,(H,27,31)/b23-17+. The smallest absolute Gasteiger partial charge is 0.289 e. The number of nitrogens with one attached hydrogen (secondary N) is 1. The maximum atomic E-state index is 13.3. The molecule has 8 heteroatoms. The largest absolute Gasteiger partial charge is 0.482 e. The van der Waals surface area contributed by atoms with Gasteiger partial charge in [-0.05, 0) is 63.0 Å². The van der Waals surface area contributed by atoms with E-state index in [1.54, 1.807) is 23.1 Å². The number of nitrogens with zero attached hydrogens (tertiary/aromatic N) is 3. The van der Waals surface area contributed by atoms with Crippen LogP contribution in [0.1, 0.15) is 37.7 Å². The minimum atomic E-state index is -0.217. The van der Waals surface area contributed by atoms with Crippen molar-refractivity contribution in [1.82, 2.24) is 20.0 Å². The molecule has 0 aromatic heterocycles. The first-order chi connectivity index (χ1) is 16.0. The number of hydrogen-bond acceptors (Lipinski definition) is 5. The quantitative estimate of drug-likeness (QED) is 0.486. The summed E-state index contributed by atoms with van der Waals surface area (Å²) in [4.78, 5) is 32.5. The molecule has 2 heterocycles. The average Bonchev–Trinajstić information content (AvgIpc) is 2.81. The number of carbonyl (C=O) groups is 2. The van der Waals surface area contributed by atoms with Gasteiger partial charge in [0.25, 0.3) is 5.91 Å². The van der Waals surface area contributed by atoms with Crippen LogP contribution >= 0.6 is 11.6 Å². The van der Waals surface area contributed by atoms with E-state index in [-0.39, 0.29) is 30.5 Å². The lowest BCUT2D eigenvalue weighted by molar-refractivity contribution is -0.151. The van der Waals surface area contributed by atoms with Gasteiger partial charge in [0.05, 0.1) is 6.04 Å². The molecule has 1 aromatic rings. The van der Waals surface area contributed by atoms with Gasteiger partial charge in [0.2, 0.25) is 5.91 Å². The molecular formula is C25H35ClN4O3. The van der Waals surface area contributed by atoms with Crippen LogP contribution in [-0.2, 0) is 14.3 Å². The van der Waals surface area contributed by atoms with Gasteiger partial charge >= 0.3 is 0 Å². The van der Waals surface area contributed by atoms with Crippen molar-refractivity contribution in [2.24, 2.45) is 0 Å². The number of halogens is 1. The molecule has 1 saturated carbocycles. The zero-order chi connectivity index (χ0) is 23.2. The van der Waals surface area contributed by atoms with Crippen LogP contribution in [0.4, 0.5) is 0 Å². The molecule has 0 spiro atoms. The van der Waals surface area contributed by atoms with E-state index in [9.17, 15) is 9.59 Å². The van der Waals surface area contributed by atoms with Gasteiger partial charge in [-0.3, -0.25) is 9.59 Å². The van der Waals surface area contributed by atoms with Gasteiger partial charge in [-0.15, -0.1) is 0 Å². The second-order valence-electron chi connectivity index (χ2n) is 9.35. The number of hydrogen-bond donors (Lipinski definition) is 1. The summed E-state index contributed by atoms with van der Waals surface area (Å²) >= 11 is 6.10. The van der Waals surface area contributed by atoms with E-state index in [4.69, 9.17) is 16.3 Å². The van der Waals surface area contributed by atoms with Crippen molar-refractivity contribution < 1.29 is 14.3 Å². The molecule has 33 heavy (non-hydrogen) atoms. The first-order valence-corrected chi connectivity index (χ1v) is 12.5. The summed E-state index contributed by atoms with van der Waals surface area (Å²) < 4.78 is 6.12. The molecule has 4 rings (SSSR count). The second kappa shape index (κ2) is 11.4. The molecule has 3 fully saturated rings. The number of piperazine rings is 1. The summed E-state index contributed by atoms with van der Waals surface area (Å²) in [6.45, 7) is 6.04. The van der Waals surface area contributed by atoms with E-state index in [0.29, 0.717) is 17.3 Å². The fraction of sp³-hybridized carbons (Fsp3) is 0.600. The van der Waals surface area contributed by atoms with Crippen LogP contribution in [0.25, 0.3) is 6.08 Å². The Morgan fingerprint density at radius 3 is 2.79 bits per heavy atom. The summed E-state index contributed by atoms with van der Waals surface area (Å²) in [5.41, 5.74) is 0.813. The van der Waals surface area contributed by atoms with Crippen molar-refractivity contribution in [2.45, 2.75) is 44.2 Å². The van der Waals surface area contributed by atoms with Gasteiger partial charge in [0.1, 0.15) is 12.6 Å². The summed E-state index contributed by atoms with van der Waals surface area (Å²) in [6.07, 6.45) is 6.48. The Hall–Kier alpha value is -2.09. The molecule has 3 aliphatic rings. The minimum Gasteiger partial charge on any atom is -0.482 e. The Morgan fingerprint density at radius 1 is 1.21 bits per heavy atom. The second-order valence-corrected chi connectivity index (χ2v) is 9.79. The third-order valence-electron chi connectivity index (χ3n) is 6.85. The van der Waals surface area contributed by atoms with Crippen molar-refractivity contribution in [3.63, 3.8) is 0 Å². The average molecular weight is 475 g/mol. The van der Waals surface area contributed by atoms with Gasteiger partial charge in [0.15, 0.2) is 5.76 Å². The van der Waals surface area contributed by atoms with Crippen LogP contribution in [0.2, 0.25) is 5.02 Å². The van der Waals surface area contributed by atoms with E-state index in [0.717, 1.165) is 70.4 Å². The van der Waals surface area contributed by atoms with Crippen molar-refractivity contribution in [2.75, 3.05) is 52.9 Å². The fourth-order valence-corrected chi connectivity index (χ4v) is 5.12. The molecule has 2 amide bonds. The molecule has 0 radical (unpaired) electrons. The van der Waals surface area contributed by atoms with Gasteiger partial charge in [-0.1, -0.05) is 30.2 Å². The van der Waals surface area contributed by atoms with E-state index in [1.165, 1.54) is 0 Å². The number of morpholine rings is 1. The van der Waals surface area contributed by atoms with Crippen LogP contribution in [0.3, 0.4) is 0 Å². The molecule has 2 unspecified atom stereocenters. The number of benzene rings is 1. The third kappa shape index (κ3) is 6.49. The number of carbonyl (C=O) groups excluding carboxylic acids is 2. The SMILES string of the molecule is CN1CCN(CCCNC(=O)CN2C(=O)/C(=C\c3cccc(Cl)c3)OC3CCCCC32)CC1. The third-order valence-corrected chi connectivity index (χ3v) is 7.08. The Morgan fingerprint density at radius 2 is 2.00 bits per heavy atom. The maximum Gasteiger partial charge on any atom is 0.289 e. The fourth-order valence-electron chi connectivity index (χ4n) is 4.92. The van der Waals surface area contributed by atoms with Crippen LogP contribution in [0, 0.1) is 0 Å². The Labute approximate surface area is 201 Å². The minimum absolute atomic E-state index is 0.0427. The monoisotopic (exact) mass is 474 g/mol. The van der Waals surface area contributed by atoms with Gasteiger partial charge < -0.3 is 24.8 Å². The lowest BCUT2D eigenvalue weighted by Gasteiger charge is -2.44. The van der Waals surface area contributed by atoms with Gasteiger partial charge in [-0.25, -0.2) is 0 Å². The first kappa shape index (κ1) is 24.0. The lowest BCUT2D eigenvalue weighted by atomic mass is 9.89. The van der Waals surface area contributed by atoms with Crippen molar-refractivity contribution in [3.8, 4) is 0 Å². The summed E-state index contributed by atoms with van der Waals surface area (Å²) in [5.74, 6) is -0.0240. The van der Waals surface area contributed by atoms with Gasteiger partial charge in [0, 0.05) is 37.7 Å². The summed E-state index contributed by atoms with van der Waals surface area (Å²) in [7, 11) is 2.15. The molecule has 2 atom stereocenters. The predicted octanol–water partition coefficient (Wildman–Crippen LogP) is 2.60. The first-order valence-electron chi connectivity index (χ1n) is 12.1. The Balaban J connectivity index is 1.34. The highest BCUT2D eigenvalue weighted by Gasteiger charge is 2.42. The lowest BCUT2D eigenvalue weighted by Crippen LogP contribution is -2.57. The molecule has 1 aromatic carbocycles. The molecule has 2 saturated heterocycles. The number of rotatable bonds is 7. The van der Waals surface area contributed by atoms with Gasteiger partial charge in [-0.2, -0.15) is 0 Å². The summed E-state index contributed by atoms with van der Waals surface area (Å²) in [5, 5.41) is 3.63. The van der Waals surface area contributed by atoms with E-state index < -0.39 is 0 Å². The highest BCUT2D eigenvalue weighted by Crippen LogP contribution is 2.33. The maximum absolute atomic E-state index is 13.3. The highest BCUT2D eigenvalue weighted by molar-refractivity contribution is 6.30. The Kier molecular flexibility index (Phi) is 8.28. The number of likely N-dealkylation sites (N-methyl/N-ethyl adjacent to an activating group) is 1. The van der Waals surface area contributed by atoms with Crippen LogP contribution in [0.15, 0.2) is 30.0 Å². The van der Waals surface area contributed by atoms with Crippen LogP contribution < -0.4 is 5.32 Å². The summed E-state index contributed by atoms with van der Waals surface area (Å²) in [6, 6.07) is 7.29. The molecular weight excluding hydrogens is 440 g/mol. The van der Waals surface area contributed by atoms with Crippen molar-refractivity contribution in [3.05, 3.63) is 40.6 Å². The van der Waals surface area contributed by atoms with Crippen molar-refractivity contribution in [1.29, 1.82) is 0 Å². The normalized spacial score (nSPS) is 25.6. The highest BCUT2D eigenvalue weighted by atomic mass is 35.5.